The van der Waals surface area contributed by atoms with Gasteiger partial charge in [0.15, 0.2) is 4.83 Å². The molecule has 10 heavy (non-hydrogen) atoms. The first kappa shape index (κ1) is 5.85. The highest BCUT2D eigenvalue weighted by atomic mass is 32.1. The Morgan fingerprint density at radius 1 is 1.50 bits per heavy atom. The minimum absolute atomic E-state index is 1.03. The van der Waals surface area contributed by atoms with Crippen molar-refractivity contribution in [2.24, 2.45) is 7.05 Å². The molecule has 2 aromatic heterocycles. The Morgan fingerprint density at radius 3 is 3.00 bits per heavy atom. The second-order valence-corrected chi connectivity index (χ2v) is 3.12. The maximum Gasteiger partial charge on any atom is 0.166 e. The highest BCUT2D eigenvalue weighted by Crippen LogP contribution is 2.20. The zero-order valence-corrected chi connectivity index (χ0v) is 6.64. The van der Waals surface area contributed by atoms with Crippen molar-refractivity contribution in [3.63, 3.8) is 0 Å². The first-order chi connectivity index (χ1) is 4.77. The predicted octanol–water partition coefficient (Wildman–Crippen LogP) is 1.34. The number of rotatable bonds is 0. The standard InChI is InChI=1S/C6H7N3S/c1-4-3-10-6-5(4)7-9(2)8-6/h3H,1-2H3. The molecule has 0 aliphatic heterocycles. The largest absolute Gasteiger partial charge is 0.186 e. The molecular formula is C6H7N3S. The summed E-state index contributed by atoms with van der Waals surface area (Å²) in [5.41, 5.74) is 2.25. The normalized spacial score (nSPS) is 11.0. The summed E-state index contributed by atoms with van der Waals surface area (Å²) < 4.78 is 0. The molecule has 2 rings (SSSR count). The molecule has 3 nitrogen and oxygen atoms in total. The van der Waals surface area contributed by atoms with Gasteiger partial charge in [-0.25, -0.2) is 0 Å². The fraction of sp³-hybridized carbons (Fsp3) is 0.333. The van der Waals surface area contributed by atoms with Gasteiger partial charge in [0.05, 0.1) is 0 Å². The summed E-state index contributed by atoms with van der Waals surface area (Å²) in [6.07, 6.45) is 0. The summed E-state index contributed by atoms with van der Waals surface area (Å²) in [6.45, 7) is 2.05. The second kappa shape index (κ2) is 1.79. The van der Waals surface area contributed by atoms with E-state index in [0.717, 1.165) is 10.3 Å². The van der Waals surface area contributed by atoms with Crippen LogP contribution >= 0.6 is 11.3 Å². The van der Waals surface area contributed by atoms with E-state index < -0.39 is 0 Å². The zero-order chi connectivity index (χ0) is 7.14. The van der Waals surface area contributed by atoms with Gasteiger partial charge in [-0.3, -0.25) is 0 Å². The molecule has 0 aliphatic carbocycles. The Kier molecular flexibility index (Phi) is 1.05. The van der Waals surface area contributed by atoms with E-state index in [2.05, 4.69) is 15.6 Å². The number of hydrogen-bond acceptors (Lipinski definition) is 3. The molecule has 0 saturated heterocycles. The van der Waals surface area contributed by atoms with Crippen molar-refractivity contribution in [3.8, 4) is 0 Å². The van der Waals surface area contributed by atoms with Crippen LogP contribution < -0.4 is 0 Å². The third kappa shape index (κ3) is 0.654. The number of nitrogens with zero attached hydrogens (tertiary/aromatic N) is 3. The van der Waals surface area contributed by atoms with Crippen LogP contribution in [0, 0.1) is 6.92 Å². The highest BCUT2D eigenvalue weighted by Gasteiger charge is 2.03. The van der Waals surface area contributed by atoms with Crippen LogP contribution in [0.25, 0.3) is 10.3 Å². The number of aromatic nitrogens is 3. The average molecular weight is 153 g/mol. The van der Waals surface area contributed by atoms with Crippen LogP contribution in [0.5, 0.6) is 0 Å². The summed E-state index contributed by atoms with van der Waals surface area (Å²) in [4.78, 5) is 2.63. The molecule has 2 heterocycles. The maximum absolute atomic E-state index is 4.19. The van der Waals surface area contributed by atoms with E-state index in [1.54, 1.807) is 16.1 Å². The summed E-state index contributed by atoms with van der Waals surface area (Å²) in [6, 6.07) is 0. The monoisotopic (exact) mass is 153 g/mol. The van der Waals surface area contributed by atoms with Gasteiger partial charge in [-0.15, -0.1) is 16.4 Å². The summed E-state index contributed by atoms with van der Waals surface area (Å²) in [5, 5.41) is 10.4. The zero-order valence-electron chi connectivity index (χ0n) is 5.83. The van der Waals surface area contributed by atoms with Crippen LogP contribution in [0.1, 0.15) is 5.56 Å². The smallest absolute Gasteiger partial charge is 0.166 e. The summed E-state index contributed by atoms with van der Waals surface area (Å²) >= 11 is 1.64. The third-order valence-corrected chi connectivity index (χ3v) is 2.37. The van der Waals surface area contributed by atoms with E-state index in [0.29, 0.717) is 0 Å². The Labute approximate surface area is 62.3 Å². The van der Waals surface area contributed by atoms with Gasteiger partial charge in [0.25, 0.3) is 0 Å². The van der Waals surface area contributed by atoms with Crippen molar-refractivity contribution in [2.45, 2.75) is 6.92 Å². The van der Waals surface area contributed by atoms with E-state index in [1.807, 2.05) is 14.0 Å². The van der Waals surface area contributed by atoms with E-state index in [9.17, 15) is 0 Å². The van der Waals surface area contributed by atoms with E-state index in [1.165, 1.54) is 5.56 Å². The molecule has 0 aliphatic rings. The van der Waals surface area contributed by atoms with Crippen LogP contribution in [-0.4, -0.2) is 15.0 Å². The third-order valence-electron chi connectivity index (χ3n) is 1.40. The topological polar surface area (TPSA) is 30.7 Å². The highest BCUT2D eigenvalue weighted by molar-refractivity contribution is 7.16. The Balaban J connectivity index is 2.90. The average Bonchev–Trinajstić information content (AvgIpc) is 2.35. The number of aryl methyl sites for hydroxylation is 2. The van der Waals surface area contributed by atoms with Crippen molar-refractivity contribution in [3.05, 3.63) is 10.9 Å². The van der Waals surface area contributed by atoms with Gasteiger partial charge in [-0.2, -0.15) is 9.90 Å². The van der Waals surface area contributed by atoms with Gasteiger partial charge in [0, 0.05) is 7.05 Å². The quantitative estimate of drug-likeness (QED) is 0.571. The van der Waals surface area contributed by atoms with Gasteiger partial charge in [0.1, 0.15) is 5.52 Å². The lowest BCUT2D eigenvalue weighted by atomic mass is 10.4. The van der Waals surface area contributed by atoms with Crippen LogP contribution in [0.4, 0.5) is 0 Å². The second-order valence-electron chi connectivity index (χ2n) is 2.26. The molecule has 0 fully saturated rings. The van der Waals surface area contributed by atoms with E-state index >= 15 is 0 Å². The van der Waals surface area contributed by atoms with E-state index in [-0.39, 0.29) is 0 Å². The Bertz CT molecular complexity index is 360. The fourth-order valence-corrected chi connectivity index (χ4v) is 1.79. The van der Waals surface area contributed by atoms with Gasteiger partial charge in [0.2, 0.25) is 0 Å². The van der Waals surface area contributed by atoms with Crippen LogP contribution in [0.2, 0.25) is 0 Å². The van der Waals surface area contributed by atoms with Gasteiger partial charge < -0.3 is 0 Å². The van der Waals surface area contributed by atoms with Crippen molar-refractivity contribution < 1.29 is 0 Å². The molecule has 0 atom stereocenters. The lowest BCUT2D eigenvalue weighted by Crippen LogP contribution is -1.91. The molecule has 52 valence electrons. The SMILES string of the molecule is Cc1csc2nn(C)nc12. The van der Waals surface area contributed by atoms with Crippen molar-refractivity contribution in [2.75, 3.05) is 0 Å². The minimum atomic E-state index is 1.03. The minimum Gasteiger partial charge on any atom is -0.186 e. The first-order valence-electron chi connectivity index (χ1n) is 3.02. The molecule has 0 unspecified atom stereocenters. The van der Waals surface area contributed by atoms with Crippen molar-refractivity contribution in [1.82, 2.24) is 15.0 Å². The molecule has 0 N–H and O–H groups in total. The molecule has 0 saturated carbocycles. The molecule has 0 spiro atoms. The Hall–Kier alpha value is -0.900. The van der Waals surface area contributed by atoms with Gasteiger partial charge in [-0.05, 0) is 17.9 Å². The molecule has 2 aromatic rings. The Morgan fingerprint density at radius 2 is 2.30 bits per heavy atom. The van der Waals surface area contributed by atoms with Gasteiger partial charge >= 0.3 is 0 Å². The fourth-order valence-electron chi connectivity index (χ4n) is 0.916. The number of hydrogen-bond donors (Lipinski definition) is 0. The lowest BCUT2D eigenvalue weighted by molar-refractivity contribution is 0.665. The molecular weight excluding hydrogens is 146 g/mol. The predicted molar refractivity (Wildman–Crippen MR) is 41.1 cm³/mol. The van der Waals surface area contributed by atoms with E-state index in [4.69, 9.17) is 0 Å². The maximum atomic E-state index is 4.19. The molecule has 4 heteroatoms. The molecule has 0 radical (unpaired) electrons. The van der Waals surface area contributed by atoms with Crippen molar-refractivity contribution in [1.29, 1.82) is 0 Å². The number of fused-ring (bicyclic) bond motifs is 1. The summed E-state index contributed by atoms with van der Waals surface area (Å²) in [7, 11) is 1.84. The lowest BCUT2D eigenvalue weighted by Gasteiger charge is -1.80. The molecule has 0 bridgehead atoms. The van der Waals surface area contributed by atoms with Crippen LogP contribution in [-0.2, 0) is 7.05 Å². The van der Waals surface area contributed by atoms with Crippen LogP contribution in [0.3, 0.4) is 0 Å². The number of thiophene rings is 1. The van der Waals surface area contributed by atoms with Crippen LogP contribution in [0.15, 0.2) is 5.38 Å². The molecule has 0 amide bonds. The van der Waals surface area contributed by atoms with Gasteiger partial charge in [-0.1, -0.05) is 0 Å². The van der Waals surface area contributed by atoms with Crippen molar-refractivity contribution >= 4 is 21.7 Å². The molecule has 0 aromatic carbocycles. The first-order valence-corrected chi connectivity index (χ1v) is 3.90. The summed E-state index contributed by atoms with van der Waals surface area (Å²) in [5.74, 6) is 0.